The Bertz CT molecular complexity index is 338. The highest BCUT2D eigenvalue weighted by Crippen LogP contribution is 2.11. The molecule has 0 heterocycles. The molecule has 0 bridgehead atoms. The van der Waals surface area contributed by atoms with Gasteiger partial charge < -0.3 is 14.7 Å². The average Bonchev–Trinajstić information content (AvgIpc) is 2.25. The van der Waals surface area contributed by atoms with Gasteiger partial charge in [0.2, 0.25) is 0 Å². The van der Waals surface area contributed by atoms with Gasteiger partial charge in [0.05, 0.1) is 0 Å². The number of rotatable bonds is 6. The van der Waals surface area contributed by atoms with Crippen LogP contribution in [0.4, 0.5) is 0 Å². The molecule has 0 saturated carbocycles. The average molecular weight is 227 g/mol. The minimum Gasteiger partial charge on any atom is -0.491 e. The van der Waals surface area contributed by atoms with Crippen molar-refractivity contribution in [2.75, 3.05) is 13.2 Å². The van der Waals surface area contributed by atoms with E-state index in [0.29, 0.717) is 5.75 Å². The summed E-state index contributed by atoms with van der Waals surface area (Å²) in [6, 6.07) is 7.26. The number of ether oxygens (including phenoxy) is 1. The standard InChI is InChI=1S/C10H13NO5/c1-8-2-4-10(5-3-8)15-6-9(12)7-16-11(13)14/h2-5,9,12H,6-7H2,1H3/t9-/m0/s1. The molecule has 0 aromatic heterocycles. The largest absolute Gasteiger partial charge is 0.491 e. The van der Waals surface area contributed by atoms with Crippen molar-refractivity contribution < 1.29 is 19.8 Å². The van der Waals surface area contributed by atoms with Gasteiger partial charge in [-0.25, -0.2) is 0 Å². The van der Waals surface area contributed by atoms with Crippen molar-refractivity contribution in [3.05, 3.63) is 39.9 Å². The van der Waals surface area contributed by atoms with Crippen molar-refractivity contribution in [1.29, 1.82) is 0 Å². The monoisotopic (exact) mass is 227 g/mol. The Morgan fingerprint density at radius 1 is 1.38 bits per heavy atom. The van der Waals surface area contributed by atoms with Crippen molar-refractivity contribution in [2.45, 2.75) is 13.0 Å². The summed E-state index contributed by atoms with van der Waals surface area (Å²) < 4.78 is 5.20. The van der Waals surface area contributed by atoms with Crippen molar-refractivity contribution in [3.8, 4) is 5.75 Å². The van der Waals surface area contributed by atoms with Crippen LogP contribution < -0.4 is 4.74 Å². The lowest BCUT2D eigenvalue weighted by Gasteiger charge is -2.11. The minimum absolute atomic E-state index is 0.0447. The SMILES string of the molecule is Cc1ccc(OC[C@H](O)CO[N+](=O)[O-])cc1. The molecule has 1 rings (SSSR count). The fourth-order valence-electron chi connectivity index (χ4n) is 1.02. The van der Waals surface area contributed by atoms with E-state index in [1.54, 1.807) is 12.1 Å². The van der Waals surface area contributed by atoms with Crippen molar-refractivity contribution in [1.82, 2.24) is 0 Å². The first-order chi connectivity index (χ1) is 7.58. The zero-order valence-electron chi connectivity index (χ0n) is 8.83. The van der Waals surface area contributed by atoms with Crippen molar-refractivity contribution >= 4 is 0 Å². The summed E-state index contributed by atoms with van der Waals surface area (Å²) in [5, 5.41) is 18.2. The topological polar surface area (TPSA) is 81.8 Å². The number of aliphatic hydroxyl groups excluding tert-OH is 1. The fraction of sp³-hybridized carbons (Fsp3) is 0.400. The maximum Gasteiger partial charge on any atom is 0.294 e. The van der Waals surface area contributed by atoms with E-state index >= 15 is 0 Å². The highest BCUT2D eigenvalue weighted by atomic mass is 17.0. The van der Waals surface area contributed by atoms with Crippen LogP contribution in [0.1, 0.15) is 5.56 Å². The number of aryl methyl sites for hydroxylation is 1. The summed E-state index contributed by atoms with van der Waals surface area (Å²) in [6.07, 6.45) is -1.02. The van der Waals surface area contributed by atoms with Crippen LogP contribution in [0.5, 0.6) is 5.75 Å². The van der Waals surface area contributed by atoms with Gasteiger partial charge in [-0.3, -0.25) is 0 Å². The Labute approximate surface area is 92.5 Å². The molecule has 6 nitrogen and oxygen atoms in total. The Hall–Kier alpha value is -1.82. The summed E-state index contributed by atoms with van der Waals surface area (Å²) in [4.78, 5) is 13.9. The number of aliphatic hydroxyl groups is 1. The molecule has 1 atom stereocenters. The zero-order chi connectivity index (χ0) is 12.0. The summed E-state index contributed by atoms with van der Waals surface area (Å²) in [7, 11) is 0. The summed E-state index contributed by atoms with van der Waals surface area (Å²) in [5.41, 5.74) is 1.10. The van der Waals surface area contributed by atoms with E-state index in [-0.39, 0.29) is 6.61 Å². The fourth-order valence-corrected chi connectivity index (χ4v) is 1.02. The second-order valence-corrected chi connectivity index (χ2v) is 3.30. The van der Waals surface area contributed by atoms with Crippen LogP contribution >= 0.6 is 0 Å². The maximum absolute atomic E-state index is 9.85. The van der Waals surface area contributed by atoms with E-state index in [9.17, 15) is 15.2 Å². The third-order valence-electron chi connectivity index (χ3n) is 1.84. The summed E-state index contributed by atoms with van der Waals surface area (Å²) >= 11 is 0. The molecule has 6 heteroatoms. The molecule has 88 valence electrons. The third kappa shape index (κ3) is 4.61. The Kier molecular flexibility index (Phi) is 4.53. The molecule has 16 heavy (non-hydrogen) atoms. The molecule has 0 radical (unpaired) electrons. The lowest BCUT2D eigenvalue weighted by atomic mass is 10.2. The first kappa shape index (κ1) is 12.3. The third-order valence-corrected chi connectivity index (χ3v) is 1.84. The Morgan fingerprint density at radius 2 is 2.00 bits per heavy atom. The van der Waals surface area contributed by atoms with Crippen LogP contribution in [-0.4, -0.2) is 29.5 Å². The summed E-state index contributed by atoms with van der Waals surface area (Å²) in [6.45, 7) is 1.51. The molecule has 0 aliphatic rings. The number of hydrogen-bond donors (Lipinski definition) is 1. The zero-order valence-corrected chi connectivity index (χ0v) is 8.83. The van der Waals surface area contributed by atoms with E-state index in [4.69, 9.17) is 4.74 Å². The van der Waals surface area contributed by atoms with E-state index in [2.05, 4.69) is 4.84 Å². The molecular formula is C10H13NO5. The second kappa shape index (κ2) is 5.92. The van der Waals surface area contributed by atoms with Crippen LogP contribution in [0.3, 0.4) is 0 Å². The molecule has 1 N–H and O–H groups in total. The van der Waals surface area contributed by atoms with Gasteiger partial charge in [0.1, 0.15) is 25.1 Å². The number of hydrogen-bond acceptors (Lipinski definition) is 5. The lowest BCUT2D eigenvalue weighted by molar-refractivity contribution is -0.759. The molecule has 0 aliphatic carbocycles. The van der Waals surface area contributed by atoms with Crippen LogP contribution in [0.15, 0.2) is 24.3 Å². The van der Waals surface area contributed by atoms with E-state index in [1.165, 1.54) is 0 Å². The van der Waals surface area contributed by atoms with Gasteiger partial charge in [0.15, 0.2) is 0 Å². The molecule has 0 amide bonds. The predicted molar refractivity (Wildman–Crippen MR) is 55.6 cm³/mol. The van der Waals surface area contributed by atoms with Crippen molar-refractivity contribution in [2.24, 2.45) is 0 Å². The second-order valence-electron chi connectivity index (χ2n) is 3.30. The molecule has 0 saturated heterocycles. The van der Waals surface area contributed by atoms with Crippen LogP contribution in [0, 0.1) is 17.0 Å². The highest BCUT2D eigenvalue weighted by Gasteiger charge is 2.07. The predicted octanol–water partition coefficient (Wildman–Crippen LogP) is 0.943. The highest BCUT2D eigenvalue weighted by molar-refractivity contribution is 5.26. The first-order valence-electron chi connectivity index (χ1n) is 4.73. The first-order valence-corrected chi connectivity index (χ1v) is 4.73. The molecule has 1 aromatic carbocycles. The summed E-state index contributed by atoms with van der Waals surface area (Å²) in [5.74, 6) is 0.603. The van der Waals surface area contributed by atoms with Gasteiger partial charge in [0, 0.05) is 0 Å². The Balaban J connectivity index is 2.28. The van der Waals surface area contributed by atoms with Crippen LogP contribution in [0.2, 0.25) is 0 Å². The van der Waals surface area contributed by atoms with Crippen LogP contribution in [-0.2, 0) is 4.84 Å². The quantitative estimate of drug-likeness (QED) is 0.577. The van der Waals surface area contributed by atoms with E-state index in [0.717, 1.165) is 5.56 Å². The smallest absolute Gasteiger partial charge is 0.294 e. The van der Waals surface area contributed by atoms with Crippen molar-refractivity contribution in [3.63, 3.8) is 0 Å². The van der Waals surface area contributed by atoms with E-state index in [1.807, 2.05) is 19.1 Å². The maximum atomic E-state index is 9.85. The molecule has 0 aliphatic heterocycles. The molecule has 0 unspecified atom stereocenters. The lowest BCUT2D eigenvalue weighted by Crippen LogP contribution is -2.24. The van der Waals surface area contributed by atoms with Gasteiger partial charge in [-0.15, -0.1) is 10.1 Å². The minimum atomic E-state index is -1.02. The Morgan fingerprint density at radius 3 is 2.56 bits per heavy atom. The van der Waals surface area contributed by atoms with Gasteiger partial charge in [-0.2, -0.15) is 0 Å². The normalized spacial score (nSPS) is 11.9. The van der Waals surface area contributed by atoms with Gasteiger partial charge in [-0.05, 0) is 19.1 Å². The molecule has 0 spiro atoms. The van der Waals surface area contributed by atoms with Gasteiger partial charge in [-0.1, -0.05) is 17.7 Å². The molecular weight excluding hydrogens is 214 g/mol. The molecule has 0 fully saturated rings. The van der Waals surface area contributed by atoms with Gasteiger partial charge in [0.25, 0.3) is 5.09 Å². The van der Waals surface area contributed by atoms with Crippen LogP contribution in [0.25, 0.3) is 0 Å². The van der Waals surface area contributed by atoms with Gasteiger partial charge >= 0.3 is 0 Å². The van der Waals surface area contributed by atoms with E-state index < -0.39 is 17.8 Å². The molecule has 1 aromatic rings. The number of benzene rings is 1. The number of nitrogens with zero attached hydrogens (tertiary/aromatic N) is 1.